The zero-order valence-electron chi connectivity index (χ0n) is 22.6. The second-order valence-electron chi connectivity index (χ2n) is 11.4. The van der Waals surface area contributed by atoms with Crippen LogP contribution < -0.4 is 4.90 Å². The SMILES string of the molecule is CN(CC1CN(c2ccc3c(c2)Cn2cc(-c4ccc(C#N)cc4)cc2-c2nncn2-3)C1)C(=O)OC(C)(C)C. The van der Waals surface area contributed by atoms with Crippen LogP contribution in [-0.4, -0.2) is 62.6 Å². The van der Waals surface area contributed by atoms with E-state index in [4.69, 9.17) is 10.00 Å². The van der Waals surface area contributed by atoms with Gasteiger partial charge < -0.3 is 19.1 Å². The monoisotopic (exact) mass is 521 g/mol. The number of rotatable bonds is 4. The number of carbonyl (C=O) groups is 1. The molecule has 0 atom stereocenters. The van der Waals surface area contributed by atoms with Crippen molar-refractivity contribution in [2.24, 2.45) is 5.92 Å². The summed E-state index contributed by atoms with van der Waals surface area (Å²) in [4.78, 5) is 16.4. The minimum atomic E-state index is -0.494. The largest absolute Gasteiger partial charge is 0.444 e. The Labute approximate surface area is 227 Å². The van der Waals surface area contributed by atoms with Gasteiger partial charge in [0.15, 0.2) is 5.82 Å². The van der Waals surface area contributed by atoms with Crippen LogP contribution in [0.1, 0.15) is 31.9 Å². The molecule has 1 fully saturated rings. The lowest BCUT2D eigenvalue weighted by Crippen LogP contribution is -2.52. The van der Waals surface area contributed by atoms with Crippen LogP contribution in [0.5, 0.6) is 0 Å². The van der Waals surface area contributed by atoms with Crippen LogP contribution in [0.3, 0.4) is 0 Å². The average Bonchev–Trinajstić information content (AvgIpc) is 3.50. The van der Waals surface area contributed by atoms with E-state index in [1.54, 1.807) is 18.3 Å². The summed E-state index contributed by atoms with van der Waals surface area (Å²) in [6.07, 6.45) is 3.63. The van der Waals surface area contributed by atoms with Crippen LogP contribution in [0, 0.1) is 17.2 Å². The van der Waals surface area contributed by atoms with Gasteiger partial charge in [-0.1, -0.05) is 12.1 Å². The van der Waals surface area contributed by atoms with Gasteiger partial charge in [0, 0.05) is 56.6 Å². The van der Waals surface area contributed by atoms with E-state index in [9.17, 15) is 4.79 Å². The molecule has 0 spiro atoms. The molecule has 2 aliphatic heterocycles. The summed E-state index contributed by atoms with van der Waals surface area (Å²) in [6, 6.07) is 18.5. The molecule has 0 N–H and O–H groups in total. The Morgan fingerprint density at radius 1 is 1.13 bits per heavy atom. The third-order valence-corrected chi connectivity index (χ3v) is 7.24. The third-order valence-electron chi connectivity index (χ3n) is 7.24. The van der Waals surface area contributed by atoms with Gasteiger partial charge in [0.05, 0.1) is 23.0 Å². The maximum Gasteiger partial charge on any atom is 0.410 e. The molecule has 9 nitrogen and oxygen atoms in total. The van der Waals surface area contributed by atoms with Gasteiger partial charge in [0.1, 0.15) is 11.9 Å². The van der Waals surface area contributed by atoms with E-state index in [0.717, 1.165) is 41.4 Å². The van der Waals surface area contributed by atoms with Gasteiger partial charge in [-0.15, -0.1) is 10.2 Å². The second-order valence-corrected chi connectivity index (χ2v) is 11.4. The highest BCUT2D eigenvalue weighted by Gasteiger charge is 2.31. The van der Waals surface area contributed by atoms with Crippen molar-refractivity contribution in [2.45, 2.75) is 32.9 Å². The first-order valence-corrected chi connectivity index (χ1v) is 13.1. The molecule has 0 saturated carbocycles. The molecule has 1 amide bonds. The Kier molecular flexibility index (Phi) is 5.91. The van der Waals surface area contributed by atoms with Crippen molar-refractivity contribution in [3.05, 3.63) is 72.2 Å². The maximum absolute atomic E-state index is 12.3. The van der Waals surface area contributed by atoms with Crippen LogP contribution in [0.15, 0.2) is 61.1 Å². The molecule has 0 aliphatic carbocycles. The van der Waals surface area contributed by atoms with Crippen LogP contribution in [0.2, 0.25) is 0 Å². The lowest BCUT2D eigenvalue weighted by atomic mass is 9.98. The molecule has 1 saturated heterocycles. The summed E-state index contributed by atoms with van der Waals surface area (Å²) in [5.74, 6) is 1.20. The summed E-state index contributed by atoms with van der Waals surface area (Å²) in [5.41, 5.74) is 6.70. The van der Waals surface area contributed by atoms with Crippen molar-refractivity contribution in [3.8, 4) is 34.4 Å². The predicted molar refractivity (Wildman–Crippen MR) is 149 cm³/mol. The molecule has 0 radical (unpaired) electrons. The summed E-state index contributed by atoms with van der Waals surface area (Å²) >= 11 is 0. The molecule has 0 unspecified atom stereocenters. The number of nitrogens with zero attached hydrogens (tertiary/aromatic N) is 7. The maximum atomic E-state index is 12.3. The first-order chi connectivity index (χ1) is 18.7. The van der Waals surface area contributed by atoms with Gasteiger partial charge in [0.2, 0.25) is 0 Å². The molecule has 6 rings (SSSR count). The number of carbonyl (C=O) groups excluding carboxylic acids is 1. The summed E-state index contributed by atoms with van der Waals surface area (Å²) in [5, 5.41) is 17.8. The smallest absolute Gasteiger partial charge is 0.410 e. The average molecular weight is 522 g/mol. The summed E-state index contributed by atoms with van der Waals surface area (Å²) in [7, 11) is 1.80. The normalized spacial score (nSPS) is 14.4. The highest BCUT2D eigenvalue weighted by Crippen LogP contribution is 2.36. The number of fused-ring (bicyclic) bond motifs is 5. The van der Waals surface area contributed by atoms with E-state index in [1.807, 2.05) is 45.0 Å². The molecule has 2 aromatic carbocycles. The van der Waals surface area contributed by atoms with Crippen LogP contribution in [-0.2, 0) is 11.3 Å². The fourth-order valence-corrected chi connectivity index (χ4v) is 5.32. The zero-order chi connectivity index (χ0) is 27.3. The Morgan fingerprint density at radius 2 is 1.90 bits per heavy atom. The Bertz CT molecular complexity index is 1580. The van der Waals surface area contributed by atoms with Crippen molar-refractivity contribution in [3.63, 3.8) is 0 Å². The highest BCUT2D eigenvalue weighted by molar-refractivity contribution is 5.72. The number of ether oxygens (including phenoxy) is 1. The fraction of sp³-hybridized carbons (Fsp3) is 0.333. The predicted octanol–water partition coefficient (Wildman–Crippen LogP) is 4.94. The molecule has 2 aromatic heterocycles. The van der Waals surface area contributed by atoms with Crippen LogP contribution in [0.4, 0.5) is 10.5 Å². The molecule has 4 heterocycles. The van der Waals surface area contributed by atoms with Gasteiger partial charge in [-0.05, 0) is 68.3 Å². The molecular formula is C30H31N7O2. The van der Waals surface area contributed by atoms with E-state index in [1.165, 1.54) is 11.3 Å². The molecule has 198 valence electrons. The Balaban J connectivity index is 1.21. The minimum absolute atomic E-state index is 0.279. The Hall–Kier alpha value is -4.58. The molecule has 2 aliphatic rings. The number of hydrogen-bond donors (Lipinski definition) is 0. The second kappa shape index (κ2) is 9.31. The highest BCUT2D eigenvalue weighted by atomic mass is 16.6. The molecular weight excluding hydrogens is 490 g/mol. The fourth-order valence-electron chi connectivity index (χ4n) is 5.32. The number of anilines is 1. The zero-order valence-corrected chi connectivity index (χ0v) is 22.6. The number of aromatic nitrogens is 4. The first-order valence-electron chi connectivity index (χ1n) is 13.1. The van der Waals surface area contributed by atoms with Crippen LogP contribution in [0.25, 0.3) is 28.3 Å². The van der Waals surface area contributed by atoms with Gasteiger partial charge in [-0.25, -0.2) is 4.79 Å². The summed E-state index contributed by atoms with van der Waals surface area (Å²) in [6.45, 7) is 8.81. The van der Waals surface area contributed by atoms with E-state index in [0.29, 0.717) is 24.6 Å². The van der Waals surface area contributed by atoms with E-state index >= 15 is 0 Å². The van der Waals surface area contributed by atoms with Gasteiger partial charge in [-0.3, -0.25) is 4.57 Å². The molecule has 9 heteroatoms. The summed E-state index contributed by atoms with van der Waals surface area (Å²) < 4.78 is 9.76. The lowest BCUT2D eigenvalue weighted by Gasteiger charge is -2.42. The molecule has 39 heavy (non-hydrogen) atoms. The standard InChI is InChI=1S/C30H31N7O2/c1-30(2,3)39-29(38)34(4)14-21-15-35(16-21)25-9-10-26-24(11-25)18-36-17-23(22-7-5-20(13-31)6-8-22)12-27(36)28-33-32-19-37(26)28/h5-12,17,19,21H,14-16,18H2,1-4H3. The van der Waals surface area contributed by atoms with Crippen molar-refractivity contribution < 1.29 is 9.53 Å². The van der Waals surface area contributed by atoms with Crippen molar-refractivity contribution in [2.75, 3.05) is 31.6 Å². The molecule has 0 bridgehead atoms. The van der Waals surface area contributed by atoms with Gasteiger partial charge in [-0.2, -0.15) is 5.26 Å². The van der Waals surface area contributed by atoms with Crippen LogP contribution >= 0.6 is 0 Å². The minimum Gasteiger partial charge on any atom is -0.444 e. The Morgan fingerprint density at radius 3 is 2.62 bits per heavy atom. The van der Waals surface area contributed by atoms with E-state index in [-0.39, 0.29) is 6.09 Å². The quantitative estimate of drug-likeness (QED) is 0.333. The molecule has 4 aromatic rings. The van der Waals surface area contributed by atoms with Gasteiger partial charge in [0.25, 0.3) is 0 Å². The first kappa shape index (κ1) is 24.7. The van der Waals surface area contributed by atoms with Crippen molar-refractivity contribution >= 4 is 11.8 Å². The lowest BCUT2D eigenvalue weighted by molar-refractivity contribution is 0.0265. The third kappa shape index (κ3) is 4.74. The van der Waals surface area contributed by atoms with Crippen molar-refractivity contribution in [1.29, 1.82) is 5.26 Å². The number of amides is 1. The van der Waals surface area contributed by atoms with E-state index in [2.05, 4.69) is 60.8 Å². The number of hydrogen-bond acceptors (Lipinski definition) is 6. The topological polar surface area (TPSA) is 92.2 Å². The van der Waals surface area contributed by atoms with E-state index < -0.39 is 5.60 Å². The van der Waals surface area contributed by atoms with Crippen molar-refractivity contribution in [1.82, 2.24) is 24.2 Å². The number of benzene rings is 2. The number of nitriles is 1. The van der Waals surface area contributed by atoms with Gasteiger partial charge >= 0.3 is 6.09 Å².